The van der Waals surface area contributed by atoms with E-state index in [2.05, 4.69) is 36.2 Å². The number of para-hydroxylation sites is 1. The molecule has 0 fully saturated rings. The Balaban J connectivity index is 0.000000739. The number of pyridine rings is 1. The number of methoxy groups -OCH3 is 1. The quantitative estimate of drug-likeness (QED) is 0.243. The maximum atomic E-state index is 8.88. The van der Waals surface area contributed by atoms with Crippen LogP contribution in [-0.2, 0) is 17.4 Å². The lowest BCUT2D eigenvalue weighted by atomic mass is 9.92. The van der Waals surface area contributed by atoms with E-state index in [-0.39, 0.29) is 0 Å². The number of benzene rings is 1. The van der Waals surface area contributed by atoms with E-state index in [1.165, 1.54) is 86.9 Å². The Morgan fingerprint density at radius 1 is 1.03 bits per heavy atom. The summed E-state index contributed by atoms with van der Waals surface area (Å²) < 4.78 is 14.5. The van der Waals surface area contributed by atoms with Gasteiger partial charge in [0.05, 0.1) is 7.11 Å². The Hall–Kier alpha value is -1.70. The average Bonchev–Trinajstić information content (AvgIpc) is 2.80. The van der Waals surface area contributed by atoms with Crippen molar-refractivity contribution in [2.45, 2.75) is 71.6 Å². The van der Waals surface area contributed by atoms with Crippen LogP contribution in [0.5, 0.6) is 5.75 Å². The van der Waals surface area contributed by atoms with E-state index < -0.39 is 7.82 Å². The number of fused-ring (bicyclic) bond motifs is 2. The molecule has 0 saturated heterocycles. The lowest BCUT2D eigenvalue weighted by molar-refractivity contribution is 0.264. The molecule has 0 aliphatic heterocycles. The molecule has 1 aromatic carbocycles. The summed E-state index contributed by atoms with van der Waals surface area (Å²) in [6, 6.07) is 6.30. The van der Waals surface area contributed by atoms with Gasteiger partial charge in [0.25, 0.3) is 0 Å². The third-order valence-corrected chi connectivity index (χ3v) is 6.08. The maximum Gasteiger partial charge on any atom is 0.466 e. The number of ether oxygens (including phenoxy) is 1. The first kappa shape index (κ1) is 28.5. The highest BCUT2D eigenvalue weighted by Gasteiger charge is 2.19. The molecule has 192 valence electrons. The molecule has 2 aromatic rings. The molecule has 34 heavy (non-hydrogen) atoms. The molecule has 9 heteroatoms. The van der Waals surface area contributed by atoms with Gasteiger partial charge in [0.1, 0.15) is 11.3 Å². The summed E-state index contributed by atoms with van der Waals surface area (Å²) >= 11 is 0. The van der Waals surface area contributed by atoms with E-state index in [4.69, 9.17) is 29.0 Å². The minimum Gasteiger partial charge on any atom is -0.494 e. The van der Waals surface area contributed by atoms with Gasteiger partial charge in [-0.05, 0) is 76.2 Å². The maximum absolute atomic E-state index is 8.88. The fraction of sp³-hybridized carbons (Fsp3) is 0.640. The molecule has 1 aliphatic rings. The second-order valence-electron chi connectivity index (χ2n) is 8.82. The van der Waals surface area contributed by atoms with Gasteiger partial charge in [0.2, 0.25) is 0 Å². The summed E-state index contributed by atoms with van der Waals surface area (Å²) in [4.78, 5) is 29.2. The van der Waals surface area contributed by atoms with Crippen molar-refractivity contribution in [1.29, 1.82) is 0 Å². The summed E-state index contributed by atoms with van der Waals surface area (Å²) in [5, 5.41) is 5.02. The predicted molar refractivity (Wildman–Crippen MR) is 139 cm³/mol. The van der Waals surface area contributed by atoms with Crippen molar-refractivity contribution in [3.8, 4) is 5.75 Å². The van der Waals surface area contributed by atoms with Crippen molar-refractivity contribution in [1.82, 2.24) is 9.88 Å². The fourth-order valence-electron chi connectivity index (χ4n) is 4.40. The standard InChI is InChI=1S/C25H39N3O.H3O4P/c1-4-6-17-28(18-7-5-2)19-11-16-26-24-20-12-8-9-14-22(20)27-25-21(24)13-10-15-23(25)29-3;1-5(2,3)4/h10,13,15H,4-9,11-12,14,16-19H2,1-3H3,(H,26,27);(H3,1,2,3,4). The van der Waals surface area contributed by atoms with Crippen molar-refractivity contribution < 1.29 is 24.0 Å². The second-order valence-corrected chi connectivity index (χ2v) is 9.84. The van der Waals surface area contributed by atoms with Gasteiger partial charge in [-0.15, -0.1) is 0 Å². The van der Waals surface area contributed by atoms with E-state index in [1.54, 1.807) is 7.11 Å². The number of nitrogens with one attached hydrogen (secondary N) is 1. The first-order valence-corrected chi connectivity index (χ1v) is 14.1. The number of aryl methyl sites for hydroxylation is 1. The summed E-state index contributed by atoms with van der Waals surface area (Å²) in [5.41, 5.74) is 5.01. The van der Waals surface area contributed by atoms with E-state index in [0.29, 0.717) is 0 Å². The highest BCUT2D eigenvalue weighted by atomic mass is 31.2. The van der Waals surface area contributed by atoms with Crippen LogP contribution in [0.2, 0.25) is 0 Å². The Bertz CT molecular complexity index is 918. The van der Waals surface area contributed by atoms with Crippen LogP contribution in [0.25, 0.3) is 10.9 Å². The molecular formula is C25H42N3O5P. The van der Waals surface area contributed by atoms with E-state index in [9.17, 15) is 0 Å². The van der Waals surface area contributed by atoms with Crippen LogP contribution in [0.15, 0.2) is 18.2 Å². The lowest BCUT2D eigenvalue weighted by Gasteiger charge is -2.24. The van der Waals surface area contributed by atoms with Crippen LogP contribution < -0.4 is 10.1 Å². The number of aromatic nitrogens is 1. The summed E-state index contributed by atoms with van der Waals surface area (Å²) in [5.74, 6) is 0.879. The van der Waals surface area contributed by atoms with Crippen LogP contribution in [0.3, 0.4) is 0 Å². The second kappa shape index (κ2) is 14.6. The Morgan fingerprint density at radius 3 is 2.26 bits per heavy atom. The van der Waals surface area contributed by atoms with Crippen molar-refractivity contribution in [3.05, 3.63) is 29.5 Å². The zero-order chi connectivity index (χ0) is 25.0. The Morgan fingerprint density at radius 2 is 1.65 bits per heavy atom. The van der Waals surface area contributed by atoms with Crippen molar-refractivity contribution >= 4 is 24.4 Å². The van der Waals surface area contributed by atoms with Crippen LogP contribution in [0.4, 0.5) is 5.69 Å². The minimum absolute atomic E-state index is 0.879. The summed E-state index contributed by atoms with van der Waals surface area (Å²) in [7, 11) is -2.90. The molecule has 0 saturated carbocycles. The molecule has 3 rings (SSSR count). The smallest absolute Gasteiger partial charge is 0.466 e. The van der Waals surface area contributed by atoms with Crippen LogP contribution in [0.1, 0.15) is 70.1 Å². The van der Waals surface area contributed by atoms with Crippen LogP contribution in [-0.4, -0.2) is 57.9 Å². The number of rotatable bonds is 12. The van der Waals surface area contributed by atoms with Crippen LogP contribution >= 0.6 is 7.82 Å². The molecule has 1 aromatic heterocycles. The molecule has 0 radical (unpaired) electrons. The van der Waals surface area contributed by atoms with Crippen molar-refractivity contribution in [3.63, 3.8) is 0 Å². The van der Waals surface area contributed by atoms with Crippen molar-refractivity contribution in [2.75, 3.05) is 38.6 Å². The van der Waals surface area contributed by atoms with Gasteiger partial charge >= 0.3 is 7.82 Å². The van der Waals surface area contributed by atoms with E-state index >= 15 is 0 Å². The van der Waals surface area contributed by atoms with E-state index in [1.807, 2.05) is 6.07 Å². The number of anilines is 1. The van der Waals surface area contributed by atoms with Gasteiger partial charge in [0, 0.05) is 23.3 Å². The van der Waals surface area contributed by atoms with Crippen molar-refractivity contribution in [2.24, 2.45) is 0 Å². The van der Waals surface area contributed by atoms with Gasteiger partial charge in [-0.25, -0.2) is 9.55 Å². The normalized spacial score (nSPS) is 13.4. The van der Waals surface area contributed by atoms with Gasteiger partial charge in [-0.1, -0.05) is 38.8 Å². The molecule has 8 nitrogen and oxygen atoms in total. The molecule has 0 bridgehead atoms. The van der Waals surface area contributed by atoms with Gasteiger partial charge in [-0.3, -0.25) is 0 Å². The third kappa shape index (κ3) is 9.51. The number of unbranched alkanes of at least 4 members (excludes halogenated alkanes) is 2. The fourth-order valence-corrected chi connectivity index (χ4v) is 4.40. The van der Waals surface area contributed by atoms with Crippen LogP contribution in [0, 0.1) is 0 Å². The highest BCUT2D eigenvalue weighted by Crippen LogP contribution is 2.36. The number of phosphoric acid groups is 1. The topological polar surface area (TPSA) is 115 Å². The molecule has 1 heterocycles. The molecule has 0 spiro atoms. The monoisotopic (exact) mass is 495 g/mol. The Kier molecular flexibility index (Phi) is 12.3. The zero-order valence-electron chi connectivity index (χ0n) is 20.9. The number of hydrogen-bond donors (Lipinski definition) is 4. The predicted octanol–water partition coefficient (Wildman–Crippen LogP) is 4.90. The molecular weight excluding hydrogens is 453 g/mol. The van der Waals surface area contributed by atoms with Gasteiger partial charge in [0.15, 0.2) is 0 Å². The molecule has 0 amide bonds. The highest BCUT2D eigenvalue weighted by molar-refractivity contribution is 7.45. The largest absolute Gasteiger partial charge is 0.494 e. The Labute approximate surface area is 204 Å². The summed E-state index contributed by atoms with van der Waals surface area (Å²) in [6.07, 6.45) is 11.1. The summed E-state index contributed by atoms with van der Waals surface area (Å²) in [6.45, 7) is 9.23. The SMILES string of the molecule is CCCCN(CCCC)CCCNc1c2c(nc3c(OC)cccc13)CCCC2.O=P(O)(O)O. The van der Waals surface area contributed by atoms with E-state index in [0.717, 1.165) is 30.7 Å². The average molecular weight is 496 g/mol. The molecule has 0 unspecified atom stereocenters. The number of nitrogens with zero attached hydrogens (tertiary/aromatic N) is 2. The zero-order valence-corrected chi connectivity index (χ0v) is 21.8. The first-order chi connectivity index (χ1) is 16.3. The molecule has 1 aliphatic carbocycles. The van der Waals surface area contributed by atoms with Gasteiger partial charge < -0.3 is 29.6 Å². The van der Waals surface area contributed by atoms with Gasteiger partial charge in [-0.2, -0.15) is 0 Å². The number of hydrogen-bond acceptors (Lipinski definition) is 5. The molecule has 4 N–H and O–H groups in total. The first-order valence-electron chi connectivity index (χ1n) is 12.5. The molecule has 0 atom stereocenters. The minimum atomic E-state index is -4.64. The third-order valence-electron chi connectivity index (χ3n) is 6.08. The lowest BCUT2D eigenvalue weighted by Crippen LogP contribution is -2.28.